The zero-order chi connectivity index (χ0) is 20.5. The molecule has 0 aliphatic carbocycles. The Morgan fingerprint density at radius 3 is 2.53 bits per heavy atom. The lowest BCUT2D eigenvalue weighted by molar-refractivity contribution is 0.306. The van der Waals surface area contributed by atoms with Crippen LogP contribution in [0.4, 0.5) is 14.6 Å². The summed E-state index contributed by atoms with van der Waals surface area (Å²) in [6, 6.07) is 21.2. The summed E-state index contributed by atoms with van der Waals surface area (Å²) in [5, 5.41) is 7.96. The third-order valence-corrected chi connectivity index (χ3v) is 5.17. The standard InChI is InChI=1S/C24H19F2N3O/c25-17-6-11-20(22(26)14-17)23-21-12-13-27-24(21)29(28-23)18-7-9-19(10-8-18)30-15-16-4-2-1-3-5-16/h1-11,14,27H,12-13,15H2. The molecule has 0 bridgehead atoms. The van der Waals surface area contributed by atoms with Gasteiger partial charge in [0.15, 0.2) is 0 Å². The normalized spacial score (nSPS) is 12.5. The molecule has 0 radical (unpaired) electrons. The first-order chi connectivity index (χ1) is 14.7. The van der Waals surface area contributed by atoms with E-state index < -0.39 is 11.6 Å². The maximum Gasteiger partial charge on any atom is 0.135 e. The van der Waals surface area contributed by atoms with Crippen LogP contribution in [0.2, 0.25) is 0 Å². The fourth-order valence-corrected chi connectivity index (χ4v) is 3.68. The molecule has 1 aliphatic rings. The number of fused-ring (bicyclic) bond motifs is 1. The van der Waals surface area contributed by atoms with E-state index in [0.717, 1.165) is 47.4 Å². The highest BCUT2D eigenvalue weighted by Crippen LogP contribution is 2.36. The van der Waals surface area contributed by atoms with Crippen LogP contribution in [0, 0.1) is 11.6 Å². The Morgan fingerprint density at radius 1 is 0.967 bits per heavy atom. The van der Waals surface area contributed by atoms with Crippen molar-refractivity contribution in [3.8, 4) is 22.7 Å². The summed E-state index contributed by atoms with van der Waals surface area (Å²) < 4.78 is 35.3. The Labute approximate surface area is 172 Å². The molecule has 30 heavy (non-hydrogen) atoms. The van der Waals surface area contributed by atoms with Gasteiger partial charge in [-0.2, -0.15) is 5.10 Å². The van der Waals surface area contributed by atoms with Gasteiger partial charge in [0.1, 0.15) is 35.5 Å². The predicted octanol–water partition coefficient (Wildman–Crippen LogP) is 5.36. The molecule has 3 aromatic carbocycles. The van der Waals surface area contributed by atoms with Crippen LogP contribution in [-0.4, -0.2) is 16.3 Å². The number of anilines is 1. The molecule has 0 unspecified atom stereocenters. The number of nitrogens with zero attached hydrogens (tertiary/aromatic N) is 2. The van der Waals surface area contributed by atoms with Crippen LogP contribution >= 0.6 is 0 Å². The molecule has 1 aliphatic heterocycles. The number of ether oxygens (including phenoxy) is 1. The quantitative estimate of drug-likeness (QED) is 0.487. The van der Waals surface area contributed by atoms with Crippen LogP contribution < -0.4 is 10.1 Å². The molecular formula is C24H19F2N3O. The Bertz CT molecular complexity index is 1190. The second-order valence-corrected chi connectivity index (χ2v) is 7.16. The summed E-state index contributed by atoms with van der Waals surface area (Å²) in [6.07, 6.45) is 0.736. The molecule has 0 spiro atoms. The molecule has 5 rings (SSSR count). The maximum atomic E-state index is 14.4. The van der Waals surface area contributed by atoms with Gasteiger partial charge in [-0.1, -0.05) is 30.3 Å². The molecule has 0 fully saturated rings. The predicted molar refractivity (Wildman–Crippen MR) is 112 cm³/mol. The van der Waals surface area contributed by atoms with E-state index in [0.29, 0.717) is 17.9 Å². The number of hydrogen-bond donors (Lipinski definition) is 1. The smallest absolute Gasteiger partial charge is 0.135 e. The number of rotatable bonds is 5. The monoisotopic (exact) mass is 403 g/mol. The number of hydrogen-bond acceptors (Lipinski definition) is 3. The fourth-order valence-electron chi connectivity index (χ4n) is 3.68. The van der Waals surface area contributed by atoms with Crippen molar-refractivity contribution in [3.05, 3.63) is 95.6 Å². The average Bonchev–Trinajstić information content (AvgIpc) is 3.37. The van der Waals surface area contributed by atoms with E-state index >= 15 is 0 Å². The lowest BCUT2D eigenvalue weighted by Gasteiger charge is -2.09. The van der Waals surface area contributed by atoms with Crippen LogP contribution in [0.3, 0.4) is 0 Å². The van der Waals surface area contributed by atoms with Gasteiger partial charge in [-0.3, -0.25) is 0 Å². The van der Waals surface area contributed by atoms with E-state index in [1.54, 1.807) is 4.68 Å². The van der Waals surface area contributed by atoms with Crippen LogP contribution in [-0.2, 0) is 13.0 Å². The molecular weight excluding hydrogens is 384 g/mol. The first kappa shape index (κ1) is 18.4. The Hall–Kier alpha value is -3.67. The highest BCUT2D eigenvalue weighted by atomic mass is 19.1. The van der Waals surface area contributed by atoms with E-state index in [1.807, 2.05) is 54.6 Å². The molecule has 0 saturated heterocycles. The topological polar surface area (TPSA) is 39.1 Å². The van der Waals surface area contributed by atoms with Crippen molar-refractivity contribution in [3.63, 3.8) is 0 Å². The Balaban J connectivity index is 1.43. The SMILES string of the molecule is Fc1ccc(-c2nn(-c3ccc(OCc4ccccc4)cc3)c3c2CCN3)c(F)c1. The minimum Gasteiger partial charge on any atom is -0.489 e. The van der Waals surface area contributed by atoms with Crippen molar-refractivity contribution in [2.24, 2.45) is 0 Å². The minimum absolute atomic E-state index is 0.304. The van der Waals surface area contributed by atoms with Crippen LogP contribution in [0.1, 0.15) is 11.1 Å². The second kappa shape index (κ2) is 7.63. The summed E-state index contributed by atoms with van der Waals surface area (Å²) in [7, 11) is 0. The van der Waals surface area contributed by atoms with Crippen LogP contribution in [0.5, 0.6) is 5.75 Å². The summed E-state index contributed by atoms with van der Waals surface area (Å²) in [5.41, 5.74) is 3.71. The first-order valence-corrected chi connectivity index (χ1v) is 9.77. The number of benzene rings is 3. The van der Waals surface area contributed by atoms with Gasteiger partial charge in [0.05, 0.1) is 5.69 Å². The summed E-state index contributed by atoms with van der Waals surface area (Å²) in [6.45, 7) is 1.24. The largest absolute Gasteiger partial charge is 0.489 e. The van der Waals surface area contributed by atoms with Gasteiger partial charge >= 0.3 is 0 Å². The van der Waals surface area contributed by atoms with Crippen molar-refractivity contribution in [1.82, 2.24) is 9.78 Å². The molecule has 1 aromatic heterocycles. The van der Waals surface area contributed by atoms with Gasteiger partial charge in [-0.25, -0.2) is 13.5 Å². The molecule has 0 atom stereocenters. The summed E-state index contributed by atoms with van der Waals surface area (Å²) >= 11 is 0. The van der Waals surface area contributed by atoms with Crippen LogP contribution in [0.25, 0.3) is 16.9 Å². The molecule has 0 saturated carbocycles. The highest BCUT2D eigenvalue weighted by Gasteiger charge is 2.25. The van der Waals surface area contributed by atoms with E-state index in [9.17, 15) is 8.78 Å². The Kier molecular flexibility index (Phi) is 4.67. The molecule has 4 nitrogen and oxygen atoms in total. The maximum absolute atomic E-state index is 14.4. The van der Waals surface area contributed by atoms with Crippen molar-refractivity contribution in [2.45, 2.75) is 13.0 Å². The third-order valence-electron chi connectivity index (χ3n) is 5.17. The van der Waals surface area contributed by atoms with E-state index in [-0.39, 0.29) is 0 Å². The first-order valence-electron chi connectivity index (χ1n) is 9.77. The zero-order valence-corrected chi connectivity index (χ0v) is 16.1. The van der Waals surface area contributed by atoms with Gasteiger partial charge in [0.25, 0.3) is 0 Å². The van der Waals surface area contributed by atoms with Gasteiger partial charge in [-0.05, 0) is 48.4 Å². The van der Waals surface area contributed by atoms with Crippen molar-refractivity contribution in [2.75, 3.05) is 11.9 Å². The third kappa shape index (κ3) is 3.41. The summed E-state index contributed by atoms with van der Waals surface area (Å²) in [5.74, 6) is 0.381. The van der Waals surface area contributed by atoms with Gasteiger partial charge in [0, 0.05) is 23.7 Å². The lowest BCUT2D eigenvalue weighted by Crippen LogP contribution is -2.04. The van der Waals surface area contributed by atoms with E-state index in [4.69, 9.17) is 4.74 Å². The highest BCUT2D eigenvalue weighted by molar-refractivity contribution is 5.73. The van der Waals surface area contributed by atoms with Gasteiger partial charge in [-0.15, -0.1) is 0 Å². The fraction of sp³-hybridized carbons (Fsp3) is 0.125. The molecule has 1 N–H and O–H groups in total. The van der Waals surface area contributed by atoms with Crippen molar-refractivity contribution < 1.29 is 13.5 Å². The second-order valence-electron chi connectivity index (χ2n) is 7.16. The lowest BCUT2D eigenvalue weighted by atomic mass is 10.1. The molecule has 2 heterocycles. The number of nitrogens with one attached hydrogen (secondary N) is 1. The zero-order valence-electron chi connectivity index (χ0n) is 16.1. The van der Waals surface area contributed by atoms with Crippen LogP contribution in [0.15, 0.2) is 72.8 Å². The number of halogens is 2. The van der Waals surface area contributed by atoms with E-state index in [1.165, 1.54) is 12.1 Å². The molecule has 6 heteroatoms. The minimum atomic E-state index is -0.612. The molecule has 0 amide bonds. The number of aromatic nitrogens is 2. The van der Waals surface area contributed by atoms with Gasteiger partial charge in [0.2, 0.25) is 0 Å². The van der Waals surface area contributed by atoms with E-state index in [2.05, 4.69) is 10.4 Å². The average molecular weight is 403 g/mol. The molecule has 150 valence electrons. The van der Waals surface area contributed by atoms with Gasteiger partial charge < -0.3 is 10.1 Å². The van der Waals surface area contributed by atoms with Crippen molar-refractivity contribution >= 4 is 5.82 Å². The summed E-state index contributed by atoms with van der Waals surface area (Å²) in [4.78, 5) is 0. The molecule has 4 aromatic rings. The van der Waals surface area contributed by atoms with Crippen molar-refractivity contribution in [1.29, 1.82) is 0 Å². The Morgan fingerprint density at radius 2 is 1.77 bits per heavy atom.